The average molecular weight is 400 g/mol. The normalized spacial score (nSPS) is 10.9. The Bertz CT molecular complexity index is 1200. The van der Waals surface area contributed by atoms with Crippen LogP contribution in [-0.4, -0.2) is 19.9 Å². The summed E-state index contributed by atoms with van der Waals surface area (Å²) in [5, 5.41) is 18.9. The van der Waals surface area contributed by atoms with Crippen molar-refractivity contribution in [3.05, 3.63) is 82.8 Å². The molecule has 0 aliphatic carbocycles. The first-order valence-electron chi connectivity index (χ1n) is 9.50. The number of para-hydroxylation sites is 1. The summed E-state index contributed by atoms with van der Waals surface area (Å²) in [5.41, 5.74) is 2.98. The number of rotatable bonds is 6. The van der Waals surface area contributed by atoms with Crippen LogP contribution in [0.4, 0.5) is 28.7 Å². The molecule has 0 atom stereocenters. The highest BCUT2D eigenvalue weighted by molar-refractivity contribution is 5.93. The molecule has 2 N–H and O–H groups in total. The average Bonchev–Trinajstić information content (AvgIpc) is 2.74. The molecular formula is C22H20N6O2. The van der Waals surface area contributed by atoms with Crippen LogP contribution in [0.25, 0.3) is 10.9 Å². The first-order valence-corrected chi connectivity index (χ1v) is 9.50. The SMILES string of the molecule is CC(C)c1ccc(Nc2ncnc(Nc3cccc4cccnc34)c2[N+](=O)[O-])cc1. The Balaban J connectivity index is 1.70. The predicted octanol–water partition coefficient (Wildman–Crippen LogP) is 5.54. The van der Waals surface area contributed by atoms with E-state index in [2.05, 4.69) is 39.4 Å². The van der Waals surface area contributed by atoms with Gasteiger partial charge in [0.05, 0.1) is 16.1 Å². The summed E-state index contributed by atoms with van der Waals surface area (Å²) in [6.45, 7) is 4.22. The third-order valence-corrected chi connectivity index (χ3v) is 4.73. The van der Waals surface area contributed by atoms with Crippen molar-refractivity contribution >= 4 is 39.6 Å². The van der Waals surface area contributed by atoms with Crippen molar-refractivity contribution in [1.29, 1.82) is 0 Å². The van der Waals surface area contributed by atoms with Crippen LogP contribution < -0.4 is 10.6 Å². The molecule has 0 unspecified atom stereocenters. The van der Waals surface area contributed by atoms with Crippen molar-refractivity contribution in [1.82, 2.24) is 15.0 Å². The van der Waals surface area contributed by atoms with Gasteiger partial charge < -0.3 is 10.6 Å². The predicted molar refractivity (Wildman–Crippen MR) is 118 cm³/mol. The van der Waals surface area contributed by atoms with Gasteiger partial charge in [-0.05, 0) is 35.7 Å². The van der Waals surface area contributed by atoms with Crippen LogP contribution in [0.1, 0.15) is 25.3 Å². The Morgan fingerprint density at radius 3 is 2.30 bits per heavy atom. The molecule has 0 saturated heterocycles. The zero-order valence-corrected chi connectivity index (χ0v) is 16.5. The smallest absolute Gasteiger partial charge is 0.334 e. The number of pyridine rings is 1. The van der Waals surface area contributed by atoms with E-state index < -0.39 is 4.92 Å². The highest BCUT2D eigenvalue weighted by Gasteiger charge is 2.24. The second-order valence-corrected chi connectivity index (χ2v) is 7.08. The lowest BCUT2D eigenvalue weighted by atomic mass is 10.0. The second kappa shape index (κ2) is 8.12. The number of nitrogens with zero attached hydrogens (tertiary/aromatic N) is 4. The monoisotopic (exact) mass is 400 g/mol. The van der Waals surface area contributed by atoms with Gasteiger partial charge in [0.1, 0.15) is 6.33 Å². The lowest BCUT2D eigenvalue weighted by Gasteiger charge is -2.12. The number of aromatic nitrogens is 3. The van der Waals surface area contributed by atoms with Gasteiger partial charge in [-0.2, -0.15) is 0 Å². The Labute approximate surface area is 173 Å². The lowest BCUT2D eigenvalue weighted by Crippen LogP contribution is -2.06. The fourth-order valence-corrected chi connectivity index (χ4v) is 3.16. The molecule has 4 aromatic rings. The summed E-state index contributed by atoms with van der Waals surface area (Å²) in [7, 11) is 0. The van der Waals surface area contributed by atoms with Gasteiger partial charge in [-0.25, -0.2) is 9.97 Å². The van der Waals surface area contributed by atoms with E-state index in [1.807, 2.05) is 48.5 Å². The minimum absolute atomic E-state index is 0.0921. The van der Waals surface area contributed by atoms with Crippen LogP contribution in [-0.2, 0) is 0 Å². The highest BCUT2D eigenvalue weighted by atomic mass is 16.6. The maximum atomic E-state index is 11.9. The second-order valence-electron chi connectivity index (χ2n) is 7.08. The van der Waals surface area contributed by atoms with E-state index in [1.54, 1.807) is 12.3 Å². The number of anilines is 4. The summed E-state index contributed by atoms with van der Waals surface area (Å²) < 4.78 is 0. The molecule has 0 fully saturated rings. The highest BCUT2D eigenvalue weighted by Crippen LogP contribution is 2.34. The van der Waals surface area contributed by atoms with Gasteiger partial charge in [0, 0.05) is 17.3 Å². The van der Waals surface area contributed by atoms with Crippen molar-refractivity contribution < 1.29 is 4.92 Å². The summed E-state index contributed by atoms with van der Waals surface area (Å²) in [6, 6.07) is 17.1. The molecule has 0 spiro atoms. The van der Waals surface area contributed by atoms with Crippen LogP contribution in [0, 0.1) is 10.1 Å². The van der Waals surface area contributed by atoms with Gasteiger partial charge in [0.25, 0.3) is 0 Å². The van der Waals surface area contributed by atoms with Crippen LogP contribution >= 0.6 is 0 Å². The molecule has 0 saturated carbocycles. The number of hydrogen-bond donors (Lipinski definition) is 2. The Morgan fingerprint density at radius 2 is 1.60 bits per heavy atom. The van der Waals surface area contributed by atoms with Crippen molar-refractivity contribution in [2.75, 3.05) is 10.6 Å². The molecule has 30 heavy (non-hydrogen) atoms. The molecule has 0 radical (unpaired) electrons. The molecule has 0 amide bonds. The number of hydrogen-bond acceptors (Lipinski definition) is 7. The number of nitrogens with one attached hydrogen (secondary N) is 2. The summed E-state index contributed by atoms with van der Waals surface area (Å²) in [5.74, 6) is 0.606. The van der Waals surface area contributed by atoms with Gasteiger partial charge in [-0.1, -0.05) is 44.2 Å². The van der Waals surface area contributed by atoms with E-state index in [0.29, 0.717) is 22.8 Å². The molecule has 2 heterocycles. The third-order valence-electron chi connectivity index (χ3n) is 4.73. The fraction of sp³-hybridized carbons (Fsp3) is 0.136. The zero-order valence-electron chi connectivity index (χ0n) is 16.5. The Morgan fingerprint density at radius 1 is 0.900 bits per heavy atom. The fourth-order valence-electron chi connectivity index (χ4n) is 3.16. The van der Waals surface area contributed by atoms with E-state index in [0.717, 1.165) is 5.39 Å². The summed E-state index contributed by atoms with van der Waals surface area (Å²) in [4.78, 5) is 23.9. The van der Waals surface area contributed by atoms with Crippen molar-refractivity contribution in [2.45, 2.75) is 19.8 Å². The minimum Gasteiger partial charge on any atom is -0.334 e. The van der Waals surface area contributed by atoms with E-state index >= 15 is 0 Å². The first-order chi connectivity index (χ1) is 14.5. The van der Waals surface area contributed by atoms with E-state index in [1.165, 1.54) is 11.9 Å². The van der Waals surface area contributed by atoms with Crippen LogP contribution in [0.2, 0.25) is 0 Å². The topological polar surface area (TPSA) is 106 Å². The maximum Gasteiger partial charge on any atom is 0.353 e. The van der Waals surface area contributed by atoms with Gasteiger partial charge in [0.15, 0.2) is 0 Å². The molecule has 0 aliphatic rings. The zero-order chi connectivity index (χ0) is 21.1. The third kappa shape index (κ3) is 3.88. The molecule has 8 nitrogen and oxygen atoms in total. The van der Waals surface area contributed by atoms with E-state index in [4.69, 9.17) is 0 Å². The molecular weight excluding hydrogens is 380 g/mol. The van der Waals surface area contributed by atoms with E-state index in [9.17, 15) is 10.1 Å². The lowest BCUT2D eigenvalue weighted by molar-refractivity contribution is -0.383. The van der Waals surface area contributed by atoms with Crippen molar-refractivity contribution in [3.8, 4) is 0 Å². The molecule has 2 aromatic heterocycles. The number of nitro groups is 1. The first kappa shape index (κ1) is 19.3. The number of benzene rings is 2. The quantitative estimate of drug-likeness (QED) is 0.323. The standard InChI is InChI=1S/C22H20N6O2/c1-14(2)15-8-10-17(11-9-15)26-21-20(28(29)30)22(25-13-24-21)27-18-7-3-5-16-6-4-12-23-19(16)18/h3-14H,1-2H3,(H2,24,25,26,27). The van der Waals surface area contributed by atoms with Gasteiger partial charge >= 0.3 is 5.69 Å². The van der Waals surface area contributed by atoms with Crippen molar-refractivity contribution in [2.24, 2.45) is 0 Å². The maximum absolute atomic E-state index is 11.9. The van der Waals surface area contributed by atoms with E-state index in [-0.39, 0.29) is 17.3 Å². The van der Waals surface area contributed by atoms with Gasteiger partial charge in [-0.15, -0.1) is 0 Å². The molecule has 8 heteroatoms. The van der Waals surface area contributed by atoms with Crippen LogP contribution in [0.15, 0.2) is 67.1 Å². The molecule has 0 aliphatic heterocycles. The van der Waals surface area contributed by atoms with Gasteiger partial charge in [-0.3, -0.25) is 15.1 Å². The number of fused-ring (bicyclic) bond motifs is 1. The molecule has 2 aromatic carbocycles. The Kier molecular flexibility index (Phi) is 5.21. The van der Waals surface area contributed by atoms with Crippen molar-refractivity contribution in [3.63, 3.8) is 0 Å². The van der Waals surface area contributed by atoms with Crippen LogP contribution in [0.5, 0.6) is 0 Å². The summed E-state index contributed by atoms with van der Waals surface area (Å²) >= 11 is 0. The largest absolute Gasteiger partial charge is 0.353 e. The molecule has 4 rings (SSSR count). The molecule has 150 valence electrons. The summed E-state index contributed by atoms with van der Waals surface area (Å²) in [6.07, 6.45) is 2.97. The molecule has 0 bridgehead atoms. The minimum atomic E-state index is -0.494. The van der Waals surface area contributed by atoms with Crippen LogP contribution in [0.3, 0.4) is 0 Å². The Hall–Kier alpha value is -4.07. The van der Waals surface area contributed by atoms with Gasteiger partial charge in [0.2, 0.25) is 11.6 Å².